The fourth-order valence-electron chi connectivity index (χ4n) is 1.11. The van der Waals surface area contributed by atoms with Crippen molar-refractivity contribution in [3.8, 4) is 0 Å². The van der Waals surface area contributed by atoms with Crippen molar-refractivity contribution < 1.29 is 4.79 Å². The van der Waals surface area contributed by atoms with E-state index in [1.54, 1.807) is 0 Å². The Labute approximate surface area is 87.3 Å². The predicted molar refractivity (Wildman–Crippen MR) is 57.9 cm³/mol. The molecule has 0 aliphatic carbocycles. The van der Waals surface area contributed by atoms with E-state index in [1.807, 2.05) is 38.1 Å². The molecule has 1 rings (SSSR count). The molecule has 1 atom stereocenters. The van der Waals surface area contributed by atoms with E-state index in [-0.39, 0.29) is 11.7 Å². The minimum atomic E-state index is 0.120. The fraction of sp³-hybridized carbons (Fsp3) is 0.364. The molecule has 0 bridgehead atoms. The molecule has 2 heteroatoms. The van der Waals surface area contributed by atoms with E-state index in [0.717, 1.165) is 16.5 Å². The van der Waals surface area contributed by atoms with Crippen molar-refractivity contribution in [2.75, 3.05) is 0 Å². The second kappa shape index (κ2) is 4.56. The minimum Gasteiger partial charge on any atom is -0.294 e. The monoisotopic (exact) mass is 240 g/mol. The standard InChI is InChI=1S/C11H13BrO/c1-3-8(2)11(13)9-5-4-6-10(12)7-9/h4-8H,3H2,1-2H3. The summed E-state index contributed by atoms with van der Waals surface area (Å²) in [5, 5.41) is 0. The van der Waals surface area contributed by atoms with E-state index in [2.05, 4.69) is 15.9 Å². The molecule has 1 aromatic carbocycles. The molecule has 0 saturated carbocycles. The Morgan fingerprint density at radius 3 is 2.77 bits per heavy atom. The molecule has 0 aliphatic heterocycles. The molecule has 0 heterocycles. The number of Topliss-reactive ketones (excluding diaryl/α,β-unsaturated/α-hetero) is 1. The van der Waals surface area contributed by atoms with Crippen LogP contribution in [0.3, 0.4) is 0 Å². The van der Waals surface area contributed by atoms with Crippen molar-refractivity contribution in [2.45, 2.75) is 20.3 Å². The largest absolute Gasteiger partial charge is 0.294 e. The van der Waals surface area contributed by atoms with Crippen LogP contribution in [0.1, 0.15) is 30.6 Å². The van der Waals surface area contributed by atoms with Crippen LogP contribution in [-0.4, -0.2) is 5.78 Å². The molecule has 0 fully saturated rings. The van der Waals surface area contributed by atoms with E-state index in [4.69, 9.17) is 0 Å². The van der Waals surface area contributed by atoms with Gasteiger partial charge in [0.05, 0.1) is 0 Å². The van der Waals surface area contributed by atoms with Gasteiger partial charge in [-0.25, -0.2) is 0 Å². The highest BCUT2D eigenvalue weighted by Crippen LogP contribution is 2.16. The third-order valence-electron chi connectivity index (χ3n) is 2.17. The third-order valence-corrected chi connectivity index (χ3v) is 2.66. The van der Waals surface area contributed by atoms with Gasteiger partial charge in [0, 0.05) is 16.0 Å². The Kier molecular flexibility index (Phi) is 3.67. The van der Waals surface area contributed by atoms with E-state index in [1.165, 1.54) is 0 Å². The van der Waals surface area contributed by atoms with Crippen LogP contribution in [0.5, 0.6) is 0 Å². The zero-order chi connectivity index (χ0) is 9.84. The van der Waals surface area contributed by atoms with Crippen LogP contribution >= 0.6 is 15.9 Å². The molecule has 1 aromatic rings. The maximum Gasteiger partial charge on any atom is 0.165 e. The molecule has 1 nitrogen and oxygen atoms in total. The predicted octanol–water partition coefficient (Wildman–Crippen LogP) is 3.68. The Balaban J connectivity index is 2.89. The molecule has 0 aromatic heterocycles. The zero-order valence-electron chi connectivity index (χ0n) is 7.88. The topological polar surface area (TPSA) is 17.1 Å². The van der Waals surface area contributed by atoms with Crippen molar-refractivity contribution in [3.05, 3.63) is 34.3 Å². The van der Waals surface area contributed by atoms with Gasteiger partial charge in [0.15, 0.2) is 5.78 Å². The second-order valence-electron chi connectivity index (χ2n) is 3.18. The van der Waals surface area contributed by atoms with Crippen molar-refractivity contribution in [1.82, 2.24) is 0 Å². The van der Waals surface area contributed by atoms with Gasteiger partial charge in [-0.05, 0) is 18.6 Å². The van der Waals surface area contributed by atoms with Crippen LogP contribution in [0, 0.1) is 5.92 Å². The van der Waals surface area contributed by atoms with Gasteiger partial charge in [-0.1, -0.05) is 41.9 Å². The first-order valence-corrected chi connectivity index (χ1v) is 5.24. The normalized spacial score (nSPS) is 12.5. The summed E-state index contributed by atoms with van der Waals surface area (Å²) in [7, 11) is 0. The van der Waals surface area contributed by atoms with E-state index in [0.29, 0.717) is 0 Å². The van der Waals surface area contributed by atoms with E-state index in [9.17, 15) is 4.79 Å². The highest BCUT2D eigenvalue weighted by Gasteiger charge is 2.12. The van der Waals surface area contributed by atoms with Gasteiger partial charge < -0.3 is 0 Å². The van der Waals surface area contributed by atoms with Crippen LogP contribution < -0.4 is 0 Å². The number of halogens is 1. The Bertz CT molecular complexity index is 307. The summed E-state index contributed by atoms with van der Waals surface area (Å²) in [6.45, 7) is 3.99. The Hall–Kier alpha value is -0.630. The Morgan fingerprint density at radius 1 is 1.54 bits per heavy atom. The SMILES string of the molecule is CCC(C)C(=O)c1cccc(Br)c1. The summed E-state index contributed by atoms with van der Waals surface area (Å²) in [5.41, 5.74) is 0.795. The van der Waals surface area contributed by atoms with Gasteiger partial charge in [0.2, 0.25) is 0 Å². The fourth-order valence-corrected chi connectivity index (χ4v) is 1.51. The summed E-state index contributed by atoms with van der Waals surface area (Å²) >= 11 is 3.35. The summed E-state index contributed by atoms with van der Waals surface area (Å²) in [6.07, 6.45) is 0.894. The number of benzene rings is 1. The average Bonchev–Trinajstić information content (AvgIpc) is 2.15. The molecule has 0 spiro atoms. The van der Waals surface area contributed by atoms with Gasteiger partial charge in [-0.2, -0.15) is 0 Å². The van der Waals surface area contributed by atoms with Crippen LogP contribution in [-0.2, 0) is 0 Å². The van der Waals surface area contributed by atoms with Crippen molar-refractivity contribution in [2.24, 2.45) is 5.92 Å². The van der Waals surface area contributed by atoms with Gasteiger partial charge in [0.25, 0.3) is 0 Å². The number of carbonyl (C=O) groups is 1. The van der Waals surface area contributed by atoms with Crippen LogP contribution in [0.2, 0.25) is 0 Å². The van der Waals surface area contributed by atoms with E-state index < -0.39 is 0 Å². The first kappa shape index (κ1) is 10.5. The smallest absolute Gasteiger partial charge is 0.165 e. The molecule has 0 radical (unpaired) electrons. The highest BCUT2D eigenvalue weighted by molar-refractivity contribution is 9.10. The molecule has 0 aliphatic rings. The number of hydrogen-bond acceptors (Lipinski definition) is 1. The first-order chi connectivity index (χ1) is 6.15. The van der Waals surface area contributed by atoms with Crippen molar-refractivity contribution >= 4 is 21.7 Å². The number of carbonyl (C=O) groups excluding carboxylic acids is 1. The van der Waals surface area contributed by atoms with Crippen LogP contribution in [0.4, 0.5) is 0 Å². The van der Waals surface area contributed by atoms with E-state index >= 15 is 0 Å². The number of ketones is 1. The summed E-state index contributed by atoms with van der Waals surface area (Å²) in [4.78, 5) is 11.7. The van der Waals surface area contributed by atoms with Crippen molar-refractivity contribution in [3.63, 3.8) is 0 Å². The lowest BCUT2D eigenvalue weighted by Gasteiger charge is -2.06. The molecule has 13 heavy (non-hydrogen) atoms. The van der Waals surface area contributed by atoms with Gasteiger partial charge >= 0.3 is 0 Å². The first-order valence-electron chi connectivity index (χ1n) is 4.45. The van der Waals surface area contributed by atoms with Gasteiger partial charge in [-0.3, -0.25) is 4.79 Å². The summed E-state index contributed by atoms with van der Waals surface area (Å²) < 4.78 is 0.960. The third kappa shape index (κ3) is 2.66. The molecule has 0 N–H and O–H groups in total. The van der Waals surface area contributed by atoms with Gasteiger partial charge in [-0.15, -0.1) is 0 Å². The lowest BCUT2D eigenvalue weighted by molar-refractivity contribution is 0.0927. The summed E-state index contributed by atoms with van der Waals surface area (Å²) in [6, 6.07) is 7.54. The summed E-state index contributed by atoms with van der Waals surface area (Å²) in [5.74, 6) is 0.345. The highest BCUT2D eigenvalue weighted by atomic mass is 79.9. The quantitative estimate of drug-likeness (QED) is 0.738. The van der Waals surface area contributed by atoms with Crippen LogP contribution in [0.15, 0.2) is 28.7 Å². The molecule has 0 saturated heterocycles. The minimum absolute atomic E-state index is 0.120. The molecular weight excluding hydrogens is 228 g/mol. The molecule has 1 unspecified atom stereocenters. The maximum atomic E-state index is 11.7. The molecule has 0 amide bonds. The second-order valence-corrected chi connectivity index (χ2v) is 4.10. The average molecular weight is 241 g/mol. The lowest BCUT2D eigenvalue weighted by Crippen LogP contribution is -2.09. The van der Waals surface area contributed by atoms with Crippen LogP contribution in [0.25, 0.3) is 0 Å². The number of rotatable bonds is 3. The maximum absolute atomic E-state index is 11.7. The lowest BCUT2D eigenvalue weighted by atomic mass is 9.97. The van der Waals surface area contributed by atoms with Gasteiger partial charge in [0.1, 0.15) is 0 Å². The van der Waals surface area contributed by atoms with Crippen molar-refractivity contribution in [1.29, 1.82) is 0 Å². The zero-order valence-corrected chi connectivity index (χ0v) is 9.47. The molecule has 70 valence electrons. The number of hydrogen-bond donors (Lipinski definition) is 0. The Morgan fingerprint density at radius 2 is 2.23 bits per heavy atom. The molecular formula is C11H13BrO.